The second kappa shape index (κ2) is 9.69. The first-order valence-corrected chi connectivity index (χ1v) is 8.43. The van der Waals surface area contributed by atoms with Gasteiger partial charge in [-0.25, -0.2) is 0 Å². The van der Waals surface area contributed by atoms with Crippen molar-refractivity contribution in [1.29, 1.82) is 0 Å². The quantitative estimate of drug-likeness (QED) is 0.760. The molecule has 2 aromatic rings. The third-order valence-corrected chi connectivity index (χ3v) is 3.73. The van der Waals surface area contributed by atoms with Crippen molar-refractivity contribution in [2.45, 2.75) is 26.0 Å². The number of rotatable bonds is 8. The number of hydrogen-bond acceptors (Lipinski definition) is 3. The normalized spacial score (nSPS) is 11.4. The zero-order chi connectivity index (χ0) is 18.1. The van der Waals surface area contributed by atoms with Gasteiger partial charge in [-0.05, 0) is 36.8 Å². The molecule has 0 aliphatic heterocycles. The highest BCUT2D eigenvalue weighted by Crippen LogP contribution is 2.16. The van der Waals surface area contributed by atoms with Gasteiger partial charge in [0, 0.05) is 24.5 Å². The van der Waals surface area contributed by atoms with Crippen LogP contribution in [0.15, 0.2) is 54.6 Å². The number of hydrogen-bond donors (Lipinski definition) is 2. The first-order valence-electron chi connectivity index (χ1n) is 8.05. The van der Waals surface area contributed by atoms with E-state index in [9.17, 15) is 9.59 Å². The maximum absolute atomic E-state index is 12.0. The van der Waals surface area contributed by atoms with Gasteiger partial charge in [-0.2, -0.15) is 0 Å². The van der Waals surface area contributed by atoms with Gasteiger partial charge in [0.2, 0.25) is 5.91 Å². The fourth-order valence-electron chi connectivity index (χ4n) is 2.10. The number of ether oxygens (including phenoxy) is 1. The van der Waals surface area contributed by atoms with Crippen molar-refractivity contribution in [2.75, 3.05) is 6.54 Å². The lowest BCUT2D eigenvalue weighted by molar-refractivity contribution is -0.127. The number of carbonyl (C=O) groups excluding carboxylic acids is 2. The van der Waals surface area contributed by atoms with E-state index in [2.05, 4.69) is 10.6 Å². The number of halogens is 1. The van der Waals surface area contributed by atoms with Gasteiger partial charge in [0.15, 0.2) is 6.10 Å². The zero-order valence-corrected chi connectivity index (χ0v) is 14.8. The minimum atomic E-state index is -0.659. The number of nitrogens with one attached hydrogen (secondary N) is 2. The number of benzene rings is 2. The van der Waals surface area contributed by atoms with Crippen LogP contribution in [0.1, 0.15) is 18.9 Å². The Balaban J connectivity index is 1.65. The van der Waals surface area contributed by atoms with Gasteiger partial charge in [0.1, 0.15) is 5.75 Å². The second-order valence-corrected chi connectivity index (χ2v) is 5.95. The summed E-state index contributed by atoms with van der Waals surface area (Å²) in [7, 11) is 0. The van der Waals surface area contributed by atoms with E-state index in [4.69, 9.17) is 16.3 Å². The van der Waals surface area contributed by atoms with Crippen molar-refractivity contribution >= 4 is 23.4 Å². The Morgan fingerprint density at radius 1 is 1.04 bits per heavy atom. The molecule has 0 aliphatic rings. The topological polar surface area (TPSA) is 67.4 Å². The Kier molecular flexibility index (Phi) is 7.29. The molecule has 0 aromatic heterocycles. The van der Waals surface area contributed by atoms with Gasteiger partial charge >= 0.3 is 0 Å². The fourth-order valence-corrected chi connectivity index (χ4v) is 2.22. The molecule has 2 amide bonds. The van der Waals surface area contributed by atoms with Gasteiger partial charge in [-0.3, -0.25) is 9.59 Å². The summed E-state index contributed by atoms with van der Waals surface area (Å²) in [6, 6.07) is 16.4. The monoisotopic (exact) mass is 360 g/mol. The fraction of sp³-hybridized carbons (Fsp3) is 0.263. The molecule has 5 nitrogen and oxygen atoms in total. The highest BCUT2D eigenvalue weighted by atomic mass is 35.5. The predicted octanol–water partition coefficient (Wildman–Crippen LogP) is 2.93. The molecule has 0 aliphatic carbocycles. The van der Waals surface area contributed by atoms with Crippen LogP contribution in [0.25, 0.3) is 0 Å². The Bertz CT molecular complexity index is 690. The van der Waals surface area contributed by atoms with Gasteiger partial charge < -0.3 is 15.4 Å². The lowest BCUT2D eigenvalue weighted by atomic mass is 10.2. The molecule has 1 atom stereocenters. The molecule has 0 heterocycles. The highest BCUT2D eigenvalue weighted by Gasteiger charge is 2.14. The molecule has 0 fully saturated rings. The van der Waals surface area contributed by atoms with Crippen molar-refractivity contribution < 1.29 is 14.3 Å². The summed E-state index contributed by atoms with van der Waals surface area (Å²) in [6.07, 6.45) is -0.444. The number of amides is 2. The van der Waals surface area contributed by atoms with Crippen LogP contribution in [0.5, 0.6) is 5.75 Å². The molecule has 0 bridgehead atoms. The summed E-state index contributed by atoms with van der Waals surface area (Å²) < 4.78 is 5.52. The molecule has 132 valence electrons. The third kappa shape index (κ3) is 6.85. The summed E-state index contributed by atoms with van der Waals surface area (Å²) in [4.78, 5) is 23.8. The van der Waals surface area contributed by atoms with Crippen molar-refractivity contribution in [2.24, 2.45) is 0 Å². The molecule has 6 heteroatoms. The largest absolute Gasteiger partial charge is 0.481 e. The summed E-state index contributed by atoms with van der Waals surface area (Å²) >= 11 is 5.80. The molecular formula is C19H21ClN2O3. The van der Waals surface area contributed by atoms with Crippen LogP contribution in [-0.4, -0.2) is 24.5 Å². The Labute approximate surface area is 152 Å². The average Bonchev–Trinajstić information content (AvgIpc) is 2.62. The van der Waals surface area contributed by atoms with Gasteiger partial charge in [0.25, 0.3) is 5.91 Å². The molecule has 25 heavy (non-hydrogen) atoms. The van der Waals surface area contributed by atoms with E-state index in [1.807, 2.05) is 30.3 Å². The van der Waals surface area contributed by atoms with Crippen LogP contribution in [0, 0.1) is 0 Å². The Morgan fingerprint density at radius 2 is 1.72 bits per heavy atom. The highest BCUT2D eigenvalue weighted by molar-refractivity contribution is 6.30. The lowest BCUT2D eigenvalue weighted by Gasteiger charge is -2.14. The molecule has 2 aromatic carbocycles. The summed E-state index contributed by atoms with van der Waals surface area (Å²) in [6.45, 7) is 2.39. The molecule has 0 saturated heterocycles. The van der Waals surface area contributed by atoms with E-state index in [0.29, 0.717) is 17.3 Å². The van der Waals surface area contributed by atoms with Crippen LogP contribution < -0.4 is 15.4 Å². The van der Waals surface area contributed by atoms with Crippen molar-refractivity contribution in [3.8, 4) is 5.75 Å². The third-order valence-electron chi connectivity index (χ3n) is 3.48. The first-order chi connectivity index (χ1) is 12.0. The van der Waals surface area contributed by atoms with Gasteiger partial charge in [0.05, 0.1) is 0 Å². The minimum Gasteiger partial charge on any atom is -0.481 e. The summed E-state index contributed by atoms with van der Waals surface area (Å²) in [5.74, 6) is 0.175. The molecule has 0 radical (unpaired) electrons. The van der Waals surface area contributed by atoms with E-state index in [0.717, 1.165) is 5.56 Å². The Morgan fingerprint density at radius 3 is 2.40 bits per heavy atom. The van der Waals surface area contributed by atoms with Crippen molar-refractivity contribution in [1.82, 2.24) is 10.6 Å². The van der Waals surface area contributed by atoms with E-state index >= 15 is 0 Å². The van der Waals surface area contributed by atoms with E-state index < -0.39 is 6.10 Å². The standard InChI is InChI=1S/C19H21ClN2O3/c1-14(25-17-9-7-16(20)8-10-17)19(24)21-12-11-18(23)22-13-15-5-3-2-4-6-15/h2-10,14H,11-13H2,1H3,(H,21,24)(H,22,23). The molecule has 1 unspecified atom stereocenters. The van der Waals surface area contributed by atoms with Crippen LogP contribution in [-0.2, 0) is 16.1 Å². The van der Waals surface area contributed by atoms with Crippen LogP contribution in [0.3, 0.4) is 0 Å². The molecule has 0 saturated carbocycles. The maximum Gasteiger partial charge on any atom is 0.260 e. The minimum absolute atomic E-state index is 0.115. The maximum atomic E-state index is 12.0. The predicted molar refractivity (Wildman–Crippen MR) is 97.5 cm³/mol. The molecule has 2 N–H and O–H groups in total. The van der Waals surface area contributed by atoms with E-state index in [1.165, 1.54) is 0 Å². The van der Waals surface area contributed by atoms with Crippen molar-refractivity contribution in [3.63, 3.8) is 0 Å². The smallest absolute Gasteiger partial charge is 0.260 e. The number of carbonyl (C=O) groups is 2. The van der Waals surface area contributed by atoms with Crippen LogP contribution >= 0.6 is 11.6 Å². The van der Waals surface area contributed by atoms with Gasteiger partial charge in [-0.1, -0.05) is 41.9 Å². The van der Waals surface area contributed by atoms with Crippen molar-refractivity contribution in [3.05, 3.63) is 65.2 Å². The average molecular weight is 361 g/mol. The molecule has 0 spiro atoms. The molecule has 2 rings (SSSR count). The first kappa shape index (κ1) is 18.8. The SMILES string of the molecule is CC(Oc1ccc(Cl)cc1)C(=O)NCCC(=O)NCc1ccccc1. The van der Waals surface area contributed by atoms with E-state index in [1.54, 1.807) is 31.2 Å². The lowest BCUT2D eigenvalue weighted by Crippen LogP contribution is -2.38. The van der Waals surface area contributed by atoms with Crippen LogP contribution in [0.2, 0.25) is 5.02 Å². The second-order valence-electron chi connectivity index (χ2n) is 5.52. The molecular weight excluding hydrogens is 340 g/mol. The summed E-state index contributed by atoms with van der Waals surface area (Å²) in [5, 5.41) is 6.11. The van der Waals surface area contributed by atoms with Gasteiger partial charge in [-0.15, -0.1) is 0 Å². The summed E-state index contributed by atoms with van der Waals surface area (Å²) in [5.41, 5.74) is 1.03. The Hall–Kier alpha value is -2.53. The van der Waals surface area contributed by atoms with Crippen LogP contribution in [0.4, 0.5) is 0 Å². The van der Waals surface area contributed by atoms with E-state index in [-0.39, 0.29) is 24.8 Å². The zero-order valence-electron chi connectivity index (χ0n) is 14.0.